The minimum absolute atomic E-state index is 0.0141. The third-order valence-corrected chi connectivity index (χ3v) is 4.50. The second-order valence-corrected chi connectivity index (χ2v) is 6.65. The zero-order valence-electron chi connectivity index (χ0n) is 13.7. The fourth-order valence-electron chi connectivity index (χ4n) is 2.58. The van der Waals surface area contributed by atoms with Crippen molar-refractivity contribution in [2.75, 3.05) is 11.9 Å². The minimum Gasteiger partial charge on any atom is -0.350 e. The van der Waals surface area contributed by atoms with Crippen LogP contribution in [0.5, 0.6) is 0 Å². The van der Waals surface area contributed by atoms with E-state index in [1.807, 2.05) is 0 Å². The van der Waals surface area contributed by atoms with Crippen molar-refractivity contribution in [3.8, 4) is 0 Å². The molecular formula is C19H20ClN3O2. The first kappa shape index (κ1) is 17.5. The highest BCUT2D eigenvalue weighted by Crippen LogP contribution is 2.31. The Labute approximate surface area is 151 Å². The molecular weight excluding hydrogens is 338 g/mol. The lowest BCUT2D eigenvalue weighted by atomic mass is 10.1. The molecule has 1 aliphatic rings. The molecule has 1 unspecified atom stereocenters. The predicted molar refractivity (Wildman–Crippen MR) is 98.9 cm³/mol. The summed E-state index contributed by atoms with van der Waals surface area (Å²) in [5.41, 5.74) is 7.35. The molecule has 3 rings (SSSR count). The number of rotatable bonds is 6. The van der Waals surface area contributed by atoms with Crippen LogP contribution < -0.4 is 16.4 Å². The van der Waals surface area contributed by atoms with Crippen LogP contribution >= 0.6 is 11.6 Å². The monoisotopic (exact) mass is 357 g/mol. The molecule has 4 N–H and O–H groups in total. The standard InChI is InChI=1S/C19H20ClN3O2/c20-14-9-7-13(8-10-14)18(24)23-17-4-2-1-3-15(17)19(25)22-11-16(21)12-5-6-12/h1-4,7-10,12,16H,5-6,11,21H2,(H,22,25)(H,23,24). The summed E-state index contributed by atoms with van der Waals surface area (Å²) in [5, 5.41) is 6.18. The normalized spacial score (nSPS) is 14.6. The quantitative estimate of drug-likeness (QED) is 0.742. The average molecular weight is 358 g/mol. The zero-order chi connectivity index (χ0) is 17.8. The van der Waals surface area contributed by atoms with Crippen molar-refractivity contribution in [3.63, 3.8) is 0 Å². The van der Waals surface area contributed by atoms with E-state index in [0.29, 0.717) is 34.3 Å². The van der Waals surface area contributed by atoms with Crippen LogP contribution in [0.4, 0.5) is 5.69 Å². The average Bonchev–Trinajstić information content (AvgIpc) is 3.45. The van der Waals surface area contributed by atoms with Crippen LogP contribution in [0, 0.1) is 5.92 Å². The first-order valence-corrected chi connectivity index (χ1v) is 8.62. The third kappa shape index (κ3) is 4.59. The molecule has 0 heterocycles. The van der Waals surface area contributed by atoms with Crippen molar-refractivity contribution in [3.05, 3.63) is 64.7 Å². The summed E-state index contributed by atoms with van der Waals surface area (Å²) in [6, 6.07) is 13.4. The minimum atomic E-state index is -0.299. The van der Waals surface area contributed by atoms with Gasteiger partial charge in [0.1, 0.15) is 0 Å². The number of amides is 2. The van der Waals surface area contributed by atoms with Crippen LogP contribution in [-0.2, 0) is 0 Å². The molecule has 2 aromatic rings. The Morgan fingerprint density at radius 3 is 2.44 bits per heavy atom. The maximum atomic E-state index is 12.4. The van der Waals surface area contributed by atoms with E-state index in [1.165, 1.54) is 0 Å². The lowest BCUT2D eigenvalue weighted by Crippen LogP contribution is -2.38. The fourth-order valence-corrected chi connectivity index (χ4v) is 2.71. The van der Waals surface area contributed by atoms with E-state index in [9.17, 15) is 9.59 Å². The SMILES string of the molecule is NC(CNC(=O)c1ccccc1NC(=O)c1ccc(Cl)cc1)C1CC1. The molecule has 0 radical (unpaired) electrons. The molecule has 130 valence electrons. The van der Waals surface area contributed by atoms with Crippen LogP contribution in [0.1, 0.15) is 33.6 Å². The third-order valence-electron chi connectivity index (χ3n) is 4.25. The lowest BCUT2D eigenvalue weighted by molar-refractivity contribution is 0.0951. The second kappa shape index (κ2) is 7.68. The largest absolute Gasteiger partial charge is 0.350 e. The highest BCUT2D eigenvalue weighted by Gasteiger charge is 2.28. The molecule has 1 aliphatic carbocycles. The molecule has 5 nitrogen and oxygen atoms in total. The van der Waals surface area contributed by atoms with Gasteiger partial charge in [-0.3, -0.25) is 9.59 Å². The summed E-state index contributed by atoms with van der Waals surface area (Å²) in [4.78, 5) is 24.8. The number of hydrogen-bond acceptors (Lipinski definition) is 3. The molecule has 1 fully saturated rings. The molecule has 0 bridgehead atoms. The molecule has 0 aromatic heterocycles. The van der Waals surface area contributed by atoms with Crippen molar-refractivity contribution in [2.45, 2.75) is 18.9 Å². The van der Waals surface area contributed by atoms with Gasteiger partial charge in [-0.1, -0.05) is 23.7 Å². The van der Waals surface area contributed by atoms with Crippen molar-refractivity contribution >= 4 is 29.1 Å². The first-order chi connectivity index (χ1) is 12.0. The molecule has 0 aliphatic heterocycles. The Morgan fingerprint density at radius 2 is 1.76 bits per heavy atom. The number of nitrogens with two attached hydrogens (primary N) is 1. The smallest absolute Gasteiger partial charge is 0.255 e. The van der Waals surface area contributed by atoms with Gasteiger partial charge < -0.3 is 16.4 Å². The Bertz CT molecular complexity index is 772. The van der Waals surface area contributed by atoms with E-state index in [4.69, 9.17) is 17.3 Å². The van der Waals surface area contributed by atoms with Gasteiger partial charge in [0, 0.05) is 23.2 Å². The Morgan fingerprint density at radius 1 is 1.08 bits per heavy atom. The molecule has 6 heteroatoms. The molecule has 1 atom stereocenters. The van der Waals surface area contributed by atoms with Crippen molar-refractivity contribution in [1.29, 1.82) is 0 Å². The van der Waals surface area contributed by atoms with Gasteiger partial charge in [-0.05, 0) is 55.2 Å². The van der Waals surface area contributed by atoms with Crippen LogP contribution in [0.25, 0.3) is 0 Å². The van der Waals surface area contributed by atoms with Gasteiger partial charge in [0.25, 0.3) is 11.8 Å². The van der Waals surface area contributed by atoms with Gasteiger partial charge in [0.15, 0.2) is 0 Å². The van der Waals surface area contributed by atoms with Crippen molar-refractivity contribution in [1.82, 2.24) is 5.32 Å². The van der Waals surface area contributed by atoms with E-state index in [-0.39, 0.29) is 17.9 Å². The molecule has 2 aromatic carbocycles. The van der Waals surface area contributed by atoms with E-state index in [0.717, 1.165) is 12.8 Å². The molecule has 0 saturated heterocycles. The first-order valence-electron chi connectivity index (χ1n) is 8.24. The van der Waals surface area contributed by atoms with Gasteiger partial charge in [0.2, 0.25) is 0 Å². The van der Waals surface area contributed by atoms with Crippen molar-refractivity contribution in [2.24, 2.45) is 11.7 Å². The summed E-state index contributed by atoms with van der Waals surface area (Å²) in [6.07, 6.45) is 2.26. The predicted octanol–water partition coefficient (Wildman–Crippen LogP) is 3.06. The summed E-state index contributed by atoms with van der Waals surface area (Å²) < 4.78 is 0. The number of benzene rings is 2. The van der Waals surface area contributed by atoms with E-state index < -0.39 is 0 Å². The van der Waals surface area contributed by atoms with Gasteiger partial charge in [-0.25, -0.2) is 0 Å². The van der Waals surface area contributed by atoms with Gasteiger partial charge in [-0.15, -0.1) is 0 Å². The van der Waals surface area contributed by atoms with Crippen molar-refractivity contribution < 1.29 is 9.59 Å². The number of hydrogen-bond donors (Lipinski definition) is 3. The Kier molecular flexibility index (Phi) is 5.36. The van der Waals surface area contributed by atoms with E-state index >= 15 is 0 Å². The highest BCUT2D eigenvalue weighted by molar-refractivity contribution is 6.30. The Hall–Kier alpha value is -2.37. The van der Waals surface area contributed by atoms with Crippen LogP contribution in [-0.4, -0.2) is 24.4 Å². The van der Waals surface area contributed by atoms with Crippen LogP contribution in [0.2, 0.25) is 5.02 Å². The zero-order valence-corrected chi connectivity index (χ0v) is 14.4. The topological polar surface area (TPSA) is 84.2 Å². The maximum absolute atomic E-state index is 12.4. The molecule has 2 amide bonds. The number of carbonyl (C=O) groups excluding carboxylic acids is 2. The summed E-state index contributed by atoms with van der Waals surface area (Å²) >= 11 is 5.84. The number of anilines is 1. The highest BCUT2D eigenvalue weighted by atomic mass is 35.5. The number of nitrogens with one attached hydrogen (secondary N) is 2. The van der Waals surface area contributed by atoms with Crippen LogP contribution in [0.15, 0.2) is 48.5 Å². The van der Waals surface area contributed by atoms with Gasteiger partial charge in [0.05, 0.1) is 11.3 Å². The summed E-state index contributed by atoms with van der Waals surface area (Å²) in [7, 11) is 0. The fraction of sp³-hybridized carbons (Fsp3) is 0.263. The van der Waals surface area contributed by atoms with Gasteiger partial charge in [-0.2, -0.15) is 0 Å². The van der Waals surface area contributed by atoms with Gasteiger partial charge >= 0.3 is 0 Å². The Balaban J connectivity index is 1.68. The van der Waals surface area contributed by atoms with E-state index in [2.05, 4.69) is 10.6 Å². The van der Waals surface area contributed by atoms with Crippen LogP contribution in [0.3, 0.4) is 0 Å². The second-order valence-electron chi connectivity index (χ2n) is 6.22. The number of carbonyl (C=O) groups is 2. The molecule has 25 heavy (non-hydrogen) atoms. The summed E-state index contributed by atoms with van der Waals surface area (Å²) in [6.45, 7) is 0.433. The molecule has 1 saturated carbocycles. The maximum Gasteiger partial charge on any atom is 0.255 e. The summed E-state index contributed by atoms with van der Waals surface area (Å²) in [5.74, 6) is -0.0325. The van der Waals surface area contributed by atoms with E-state index in [1.54, 1.807) is 48.5 Å². The number of halogens is 1. The lowest BCUT2D eigenvalue weighted by Gasteiger charge is -2.14. The molecule has 0 spiro atoms. The number of para-hydroxylation sites is 1.